The Labute approximate surface area is 136 Å². The lowest BCUT2D eigenvalue weighted by atomic mass is 10.0. The fraction of sp³-hybridized carbons (Fsp3) is 0.235. The van der Waals surface area contributed by atoms with Gasteiger partial charge in [-0.1, -0.05) is 26.0 Å². The molecule has 0 radical (unpaired) electrons. The highest BCUT2D eigenvalue weighted by atomic mass is 32.2. The van der Waals surface area contributed by atoms with E-state index < -0.39 is 16.0 Å². The van der Waals surface area contributed by atoms with Crippen LogP contribution in [0.2, 0.25) is 0 Å². The molecule has 0 aromatic heterocycles. The number of nitrogens with zero attached hydrogens (tertiary/aromatic N) is 1. The van der Waals surface area contributed by atoms with E-state index in [1.54, 1.807) is 6.07 Å². The van der Waals surface area contributed by atoms with Gasteiger partial charge in [0.2, 0.25) is 0 Å². The first-order chi connectivity index (χ1) is 10.7. The summed E-state index contributed by atoms with van der Waals surface area (Å²) in [5.41, 5.74) is 1.66. The summed E-state index contributed by atoms with van der Waals surface area (Å²) in [6, 6.07) is 12.5. The van der Waals surface area contributed by atoms with E-state index in [0.29, 0.717) is 11.6 Å². The van der Waals surface area contributed by atoms with Crippen LogP contribution in [0.15, 0.2) is 53.4 Å². The van der Waals surface area contributed by atoms with E-state index in [-0.39, 0.29) is 10.5 Å². The number of hydrogen-bond donors (Lipinski definition) is 1. The second-order valence-electron chi connectivity index (χ2n) is 5.55. The van der Waals surface area contributed by atoms with E-state index in [9.17, 15) is 13.2 Å². The highest BCUT2D eigenvalue weighted by molar-refractivity contribution is 7.92. The largest absolute Gasteiger partial charge is 0.478 e. The van der Waals surface area contributed by atoms with Crippen LogP contribution < -0.4 is 4.31 Å². The summed E-state index contributed by atoms with van der Waals surface area (Å²) in [6.45, 7) is 4.08. The SMILES string of the molecule is CC(C)c1cccc(N(C)S(=O)(=O)c2ccc(C(=O)O)cc2)c1. The maximum atomic E-state index is 12.7. The van der Waals surface area contributed by atoms with E-state index in [4.69, 9.17) is 5.11 Å². The second kappa shape index (κ2) is 6.42. The Morgan fingerprint density at radius 3 is 2.22 bits per heavy atom. The fourth-order valence-corrected chi connectivity index (χ4v) is 3.33. The molecule has 5 nitrogen and oxygen atoms in total. The number of carboxylic acid groups (broad SMARTS) is 1. The van der Waals surface area contributed by atoms with Crippen LogP contribution in [-0.2, 0) is 10.0 Å². The summed E-state index contributed by atoms with van der Waals surface area (Å²) < 4.78 is 26.5. The molecule has 0 heterocycles. The van der Waals surface area contributed by atoms with Crippen LogP contribution in [-0.4, -0.2) is 26.5 Å². The number of anilines is 1. The maximum absolute atomic E-state index is 12.7. The zero-order valence-corrected chi connectivity index (χ0v) is 14.0. The highest BCUT2D eigenvalue weighted by Crippen LogP contribution is 2.25. The van der Waals surface area contributed by atoms with E-state index in [1.165, 1.54) is 35.6 Å². The van der Waals surface area contributed by atoms with Gasteiger partial charge in [-0.3, -0.25) is 4.31 Å². The van der Waals surface area contributed by atoms with Crippen molar-refractivity contribution in [3.8, 4) is 0 Å². The molecule has 0 aliphatic rings. The Balaban J connectivity index is 2.38. The number of hydrogen-bond acceptors (Lipinski definition) is 3. The minimum Gasteiger partial charge on any atom is -0.478 e. The summed E-state index contributed by atoms with van der Waals surface area (Å²) in [5, 5.41) is 8.89. The molecule has 0 saturated heterocycles. The van der Waals surface area contributed by atoms with Crippen molar-refractivity contribution in [3.63, 3.8) is 0 Å². The van der Waals surface area contributed by atoms with Gasteiger partial charge in [-0.2, -0.15) is 0 Å². The van der Waals surface area contributed by atoms with Crippen LogP contribution in [0.1, 0.15) is 35.7 Å². The first-order valence-corrected chi connectivity index (χ1v) is 8.59. The van der Waals surface area contributed by atoms with Gasteiger partial charge in [-0.05, 0) is 47.9 Å². The van der Waals surface area contributed by atoms with E-state index >= 15 is 0 Å². The Morgan fingerprint density at radius 2 is 1.70 bits per heavy atom. The zero-order chi connectivity index (χ0) is 17.2. The summed E-state index contributed by atoms with van der Waals surface area (Å²) >= 11 is 0. The minimum absolute atomic E-state index is 0.0495. The van der Waals surface area contributed by atoms with Gasteiger partial charge in [-0.25, -0.2) is 13.2 Å². The Hall–Kier alpha value is -2.34. The molecular weight excluding hydrogens is 314 g/mol. The van der Waals surface area contributed by atoms with E-state index in [0.717, 1.165) is 5.56 Å². The van der Waals surface area contributed by atoms with Crippen LogP contribution >= 0.6 is 0 Å². The van der Waals surface area contributed by atoms with Gasteiger partial charge in [-0.15, -0.1) is 0 Å². The predicted molar refractivity (Wildman–Crippen MR) is 89.5 cm³/mol. The van der Waals surface area contributed by atoms with Crippen molar-refractivity contribution >= 4 is 21.7 Å². The second-order valence-corrected chi connectivity index (χ2v) is 7.52. The third kappa shape index (κ3) is 3.53. The van der Waals surface area contributed by atoms with Crippen LogP contribution in [0.4, 0.5) is 5.69 Å². The molecule has 0 bridgehead atoms. The van der Waals surface area contributed by atoms with Crippen molar-refractivity contribution in [2.24, 2.45) is 0 Å². The third-order valence-corrected chi connectivity index (χ3v) is 5.46. The number of rotatable bonds is 5. The van der Waals surface area contributed by atoms with Crippen molar-refractivity contribution in [2.75, 3.05) is 11.4 Å². The molecule has 0 aliphatic carbocycles. The lowest BCUT2D eigenvalue weighted by Crippen LogP contribution is -2.26. The quantitative estimate of drug-likeness (QED) is 0.910. The number of carbonyl (C=O) groups is 1. The predicted octanol–water partition coefficient (Wildman–Crippen LogP) is 3.33. The topological polar surface area (TPSA) is 74.7 Å². The summed E-state index contributed by atoms with van der Waals surface area (Å²) in [7, 11) is -2.25. The maximum Gasteiger partial charge on any atom is 0.335 e. The van der Waals surface area contributed by atoms with Crippen molar-refractivity contribution in [1.82, 2.24) is 0 Å². The molecule has 0 spiro atoms. The number of benzene rings is 2. The average Bonchev–Trinajstić information content (AvgIpc) is 2.54. The molecule has 0 aliphatic heterocycles. The normalized spacial score (nSPS) is 11.5. The molecule has 0 saturated carbocycles. The summed E-state index contributed by atoms with van der Waals surface area (Å²) in [6.07, 6.45) is 0. The van der Waals surface area contributed by atoms with E-state index in [2.05, 4.69) is 0 Å². The molecule has 0 amide bonds. The molecule has 0 unspecified atom stereocenters. The van der Waals surface area contributed by atoms with Gasteiger partial charge in [0.15, 0.2) is 0 Å². The lowest BCUT2D eigenvalue weighted by molar-refractivity contribution is 0.0696. The number of sulfonamides is 1. The first kappa shape index (κ1) is 17.0. The smallest absolute Gasteiger partial charge is 0.335 e. The minimum atomic E-state index is -3.74. The van der Waals surface area contributed by atoms with Crippen LogP contribution in [0.3, 0.4) is 0 Å². The molecule has 0 atom stereocenters. The molecule has 23 heavy (non-hydrogen) atoms. The number of carboxylic acids is 1. The Bertz CT molecular complexity index is 811. The molecule has 122 valence electrons. The first-order valence-electron chi connectivity index (χ1n) is 7.15. The van der Waals surface area contributed by atoms with Gasteiger partial charge >= 0.3 is 5.97 Å². The molecule has 2 aromatic carbocycles. The summed E-state index contributed by atoms with van der Waals surface area (Å²) in [5.74, 6) is -0.798. The molecule has 6 heteroatoms. The van der Waals surface area contributed by atoms with Gasteiger partial charge < -0.3 is 5.11 Å². The molecular formula is C17H19NO4S. The highest BCUT2D eigenvalue weighted by Gasteiger charge is 2.22. The standard InChI is InChI=1S/C17H19NO4S/c1-12(2)14-5-4-6-15(11-14)18(3)23(21,22)16-9-7-13(8-10-16)17(19)20/h4-12H,1-3H3,(H,19,20). The Kier molecular flexibility index (Phi) is 4.75. The van der Waals surface area contributed by atoms with Crippen molar-refractivity contribution in [1.29, 1.82) is 0 Å². The monoisotopic (exact) mass is 333 g/mol. The lowest BCUT2D eigenvalue weighted by Gasteiger charge is -2.21. The molecule has 2 aromatic rings. The van der Waals surface area contributed by atoms with Gasteiger partial charge in [0.05, 0.1) is 16.1 Å². The zero-order valence-electron chi connectivity index (χ0n) is 13.2. The van der Waals surface area contributed by atoms with Crippen molar-refractivity contribution < 1.29 is 18.3 Å². The van der Waals surface area contributed by atoms with Gasteiger partial charge in [0.1, 0.15) is 0 Å². The molecule has 2 rings (SSSR count). The molecule has 1 N–H and O–H groups in total. The van der Waals surface area contributed by atoms with Crippen LogP contribution in [0.25, 0.3) is 0 Å². The van der Waals surface area contributed by atoms with Crippen LogP contribution in [0, 0.1) is 0 Å². The molecule has 0 fully saturated rings. The Morgan fingerprint density at radius 1 is 1.09 bits per heavy atom. The third-order valence-electron chi connectivity index (χ3n) is 3.66. The van der Waals surface area contributed by atoms with E-state index in [1.807, 2.05) is 32.0 Å². The average molecular weight is 333 g/mol. The van der Waals surface area contributed by atoms with Gasteiger partial charge in [0.25, 0.3) is 10.0 Å². The fourth-order valence-electron chi connectivity index (χ4n) is 2.15. The van der Waals surface area contributed by atoms with Crippen molar-refractivity contribution in [2.45, 2.75) is 24.7 Å². The van der Waals surface area contributed by atoms with Gasteiger partial charge in [0, 0.05) is 7.05 Å². The van der Waals surface area contributed by atoms with Crippen molar-refractivity contribution in [3.05, 3.63) is 59.7 Å². The summed E-state index contributed by atoms with van der Waals surface area (Å²) in [4.78, 5) is 10.9. The number of aromatic carboxylic acids is 1. The van der Waals surface area contributed by atoms with Crippen LogP contribution in [0.5, 0.6) is 0 Å².